The summed E-state index contributed by atoms with van der Waals surface area (Å²) in [6.45, 7) is 5.43. The van der Waals surface area contributed by atoms with Crippen LogP contribution in [0.1, 0.15) is 19.8 Å². The van der Waals surface area contributed by atoms with E-state index in [2.05, 4.69) is 40.1 Å². The van der Waals surface area contributed by atoms with E-state index in [4.69, 9.17) is 0 Å². The molecule has 0 radical (unpaired) electrons. The van der Waals surface area contributed by atoms with Crippen molar-refractivity contribution < 1.29 is 4.92 Å². The zero-order valence-corrected chi connectivity index (χ0v) is 13.4. The van der Waals surface area contributed by atoms with Gasteiger partial charge in [0.25, 0.3) is 5.69 Å². The Balaban J connectivity index is 1.99. The summed E-state index contributed by atoms with van der Waals surface area (Å²) in [5, 5.41) is 14.1. The summed E-state index contributed by atoms with van der Waals surface area (Å²) in [5.74, 6) is 0. The van der Waals surface area contributed by atoms with Gasteiger partial charge in [0.2, 0.25) is 0 Å². The minimum atomic E-state index is -0.382. The highest BCUT2D eigenvalue weighted by molar-refractivity contribution is 9.10. The van der Waals surface area contributed by atoms with E-state index in [1.165, 1.54) is 18.9 Å². The number of anilines is 1. The van der Waals surface area contributed by atoms with Crippen LogP contribution in [0, 0.1) is 15.5 Å². The standard InChI is InChI=1S/C14H20BrN3O2/c1-14(5-7-17(2)8-6-14)10-16-13-4-3-11(18(19)20)9-12(13)15/h3-4,9,16H,5-8,10H2,1-2H3. The van der Waals surface area contributed by atoms with Crippen LogP contribution < -0.4 is 5.32 Å². The van der Waals surface area contributed by atoms with Gasteiger partial charge in [0.05, 0.1) is 4.92 Å². The Morgan fingerprint density at radius 1 is 1.45 bits per heavy atom. The molecule has 0 spiro atoms. The molecule has 20 heavy (non-hydrogen) atoms. The quantitative estimate of drug-likeness (QED) is 0.672. The zero-order chi connectivity index (χ0) is 14.8. The molecule has 1 saturated heterocycles. The maximum absolute atomic E-state index is 10.7. The molecule has 0 unspecified atom stereocenters. The second-order valence-corrected chi connectivity index (χ2v) is 6.74. The van der Waals surface area contributed by atoms with Crippen LogP contribution in [0.2, 0.25) is 0 Å². The van der Waals surface area contributed by atoms with Crippen LogP contribution in [0.15, 0.2) is 22.7 Å². The molecule has 0 saturated carbocycles. The first kappa shape index (κ1) is 15.3. The van der Waals surface area contributed by atoms with Crippen LogP contribution in [0.3, 0.4) is 0 Å². The summed E-state index contributed by atoms with van der Waals surface area (Å²) < 4.78 is 0.739. The molecule has 0 amide bonds. The van der Waals surface area contributed by atoms with Gasteiger partial charge < -0.3 is 10.2 Å². The van der Waals surface area contributed by atoms with Gasteiger partial charge in [-0.1, -0.05) is 6.92 Å². The van der Waals surface area contributed by atoms with Crippen molar-refractivity contribution in [2.75, 3.05) is 32.0 Å². The Hall–Kier alpha value is -1.14. The fourth-order valence-corrected chi connectivity index (χ4v) is 2.91. The summed E-state index contributed by atoms with van der Waals surface area (Å²) >= 11 is 3.39. The van der Waals surface area contributed by atoms with Crippen LogP contribution in [-0.2, 0) is 0 Å². The average Bonchev–Trinajstić information content (AvgIpc) is 2.41. The number of hydrogen-bond donors (Lipinski definition) is 1. The van der Waals surface area contributed by atoms with Crippen molar-refractivity contribution >= 4 is 27.3 Å². The number of nitro benzene ring substituents is 1. The van der Waals surface area contributed by atoms with Gasteiger partial charge in [0, 0.05) is 28.8 Å². The van der Waals surface area contributed by atoms with Crippen molar-refractivity contribution in [3.8, 4) is 0 Å². The lowest BCUT2D eigenvalue weighted by molar-refractivity contribution is -0.384. The SMILES string of the molecule is CN1CCC(C)(CNc2ccc([N+](=O)[O-])cc2Br)CC1. The monoisotopic (exact) mass is 341 g/mol. The summed E-state index contributed by atoms with van der Waals surface area (Å²) in [4.78, 5) is 12.7. The molecule has 0 aromatic heterocycles. The number of halogens is 1. The van der Waals surface area contributed by atoms with Gasteiger partial charge in [0.1, 0.15) is 0 Å². The maximum Gasteiger partial charge on any atom is 0.270 e. The fourth-order valence-electron chi connectivity index (χ4n) is 2.40. The number of nitrogens with one attached hydrogen (secondary N) is 1. The van der Waals surface area contributed by atoms with E-state index in [9.17, 15) is 10.1 Å². The van der Waals surface area contributed by atoms with Crippen molar-refractivity contribution in [1.82, 2.24) is 4.90 Å². The molecule has 1 fully saturated rings. The van der Waals surface area contributed by atoms with E-state index < -0.39 is 0 Å². The molecule has 0 bridgehead atoms. The molecule has 1 aromatic carbocycles. The van der Waals surface area contributed by atoms with E-state index in [1.54, 1.807) is 12.1 Å². The van der Waals surface area contributed by atoms with Crippen LogP contribution in [0.4, 0.5) is 11.4 Å². The Bertz CT molecular complexity index is 499. The van der Waals surface area contributed by atoms with E-state index in [0.717, 1.165) is 29.8 Å². The third-order valence-electron chi connectivity index (χ3n) is 4.06. The topological polar surface area (TPSA) is 58.4 Å². The molecule has 1 heterocycles. The van der Waals surface area contributed by atoms with E-state index >= 15 is 0 Å². The van der Waals surface area contributed by atoms with Crippen molar-refractivity contribution in [3.63, 3.8) is 0 Å². The molecule has 0 atom stereocenters. The van der Waals surface area contributed by atoms with Gasteiger partial charge in [0.15, 0.2) is 0 Å². The number of nitrogens with zero attached hydrogens (tertiary/aromatic N) is 2. The number of benzene rings is 1. The smallest absolute Gasteiger partial charge is 0.270 e. The van der Waals surface area contributed by atoms with E-state index in [-0.39, 0.29) is 16.0 Å². The Labute approximate surface area is 127 Å². The second kappa shape index (κ2) is 6.10. The first-order chi connectivity index (χ1) is 9.39. The van der Waals surface area contributed by atoms with Crippen molar-refractivity contribution in [1.29, 1.82) is 0 Å². The van der Waals surface area contributed by atoms with Gasteiger partial charge in [-0.25, -0.2) is 0 Å². The molecule has 1 aliphatic rings. The third-order valence-corrected chi connectivity index (χ3v) is 4.72. The Morgan fingerprint density at radius 3 is 2.65 bits per heavy atom. The first-order valence-corrected chi connectivity index (χ1v) is 7.55. The molecule has 6 heteroatoms. The van der Waals surface area contributed by atoms with Gasteiger partial charge in [-0.05, 0) is 60.4 Å². The lowest BCUT2D eigenvalue weighted by Crippen LogP contribution is -2.40. The van der Waals surface area contributed by atoms with Crippen molar-refractivity contribution in [2.24, 2.45) is 5.41 Å². The van der Waals surface area contributed by atoms with Gasteiger partial charge in [-0.15, -0.1) is 0 Å². The average molecular weight is 342 g/mol. The molecule has 0 aliphatic carbocycles. The Morgan fingerprint density at radius 2 is 2.10 bits per heavy atom. The molecule has 110 valence electrons. The van der Waals surface area contributed by atoms with E-state index in [0.29, 0.717) is 0 Å². The summed E-state index contributed by atoms with van der Waals surface area (Å²) in [7, 11) is 2.15. The van der Waals surface area contributed by atoms with Crippen molar-refractivity contribution in [3.05, 3.63) is 32.8 Å². The van der Waals surface area contributed by atoms with Gasteiger partial charge in [-0.3, -0.25) is 10.1 Å². The highest BCUT2D eigenvalue weighted by Crippen LogP contribution is 2.33. The summed E-state index contributed by atoms with van der Waals surface area (Å²) in [5.41, 5.74) is 1.30. The highest BCUT2D eigenvalue weighted by atomic mass is 79.9. The fraction of sp³-hybridized carbons (Fsp3) is 0.571. The largest absolute Gasteiger partial charge is 0.384 e. The summed E-state index contributed by atoms with van der Waals surface area (Å²) in [6, 6.07) is 4.84. The molecule has 5 nitrogen and oxygen atoms in total. The predicted octanol–water partition coefficient (Wildman–Crippen LogP) is 3.50. The third kappa shape index (κ3) is 3.70. The lowest BCUT2D eigenvalue weighted by Gasteiger charge is -2.38. The number of nitro groups is 1. The molecule has 2 rings (SSSR count). The van der Waals surface area contributed by atoms with Gasteiger partial charge >= 0.3 is 0 Å². The minimum Gasteiger partial charge on any atom is -0.384 e. The number of non-ortho nitro benzene ring substituents is 1. The number of hydrogen-bond acceptors (Lipinski definition) is 4. The van der Waals surface area contributed by atoms with Crippen LogP contribution in [0.25, 0.3) is 0 Å². The van der Waals surface area contributed by atoms with Crippen LogP contribution in [-0.4, -0.2) is 36.5 Å². The van der Waals surface area contributed by atoms with E-state index in [1.807, 2.05) is 0 Å². The zero-order valence-electron chi connectivity index (χ0n) is 11.9. The van der Waals surface area contributed by atoms with Crippen molar-refractivity contribution in [2.45, 2.75) is 19.8 Å². The van der Waals surface area contributed by atoms with Crippen LogP contribution >= 0.6 is 15.9 Å². The molecule has 1 aromatic rings. The molecule has 1 N–H and O–H groups in total. The lowest BCUT2D eigenvalue weighted by atomic mass is 9.80. The first-order valence-electron chi connectivity index (χ1n) is 6.76. The maximum atomic E-state index is 10.7. The molecular formula is C14H20BrN3O2. The Kier molecular flexibility index (Phi) is 4.65. The number of piperidine rings is 1. The highest BCUT2D eigenvalue weighted by Gasteiger charge is 2.28. The summed E-state index contributed by atoms with van der Waals surface area (Å²) in [6.07, 6.45) is 2.34. The second-order valence-electron chi connectivity index (χ2n) is 5.89. The van der Waals surface area contributed by atoms with Gasteiger partial charge in [-0.2, -0.15) is 0 Å². The predicted molar refractivity (Wildman–Crippen MR) is 84.1 cm³/mol. The normalized spacial score (nSPS) is 18.8. The number of rotatable bonds is 4. The van der Waals surface area contributed by atoms with Crippen LogP contribution in [0.5, 0.6) is 0 Å². The molecule has 1 aliphatic heterocycles. The molecular weight excluding hydrogens is 322 g/mol. The number of likely N-dealkylation sites (tertiary alicyclic amines) is 1. The minimum absolute atomic E-state index is 0.105.